The zero-order chi connectivity index (χ0) is 20.9. The largest absolute Gasteiger partial charge is 0.479 e. The van der Waals surface area contributed by atoms with E-state index in [2.05, 4.69) is 5.32 Å². The molecule has 150 valence electrons. The Morgan fingerprint density at radius 1 is 1.14 bits per heavy atom. The number of carbonyl (C=O) groups is 2. The van der Waals surface area contributed by atoms with Crippen LogP contribution in [0.25, 0.3) is 0 Å². The van der Waals surface area contributed by atoms with Gasteiger partial charge in [-0.2, -0.15) is 13.2 Å². The molecular weight excluding hydrogens is 378 g/mol. The van der Waals surface area contributed by atoms with Gasteiger partial charge in [0.2, 0.25) is 0 Å². The third-order valence-electron chi connectivity index (χ3n) is 4.19. The highest BCUT2D eigenvalue weighted by Crippen LogP contribution is 2.28. The average Bonchev–Trinajstić information content (AvgIpc) is 2.59. The standard InChI is InChI=1S/C20H19F4NO3/c1-12-10-15(21)11-14(8-5-9-20(22,23)24)16(12)17(19(27)28)25-18(26)13-6-3-2-4-7-13/h2-4,6-7,10-11,17H,5,8-9H2,1H3,(H,25,26)(H,27,28). The molecule has 0 bridgehead atoms. The summed E-state index contributed by atoms with van der Waals surface area (Å²) in [7, 11) is 0. The maximum absolute atomic E-state index is 13.8. The summed E-state index contributed by atoms with van der Waals surface area (Å²) < 4.78 is 51.1. The Balaban J connectivity index is 2.34. The topological polar surface area (TPSA) is 66.4 Å². The number of carbonyl (C=O) groups excluding carboxylic acids is 1. The summed E-state index contributed by atoms with van der Waals surface area (Å²) in [6, 6.07) is 8.48. The lowest BCUT2D eigenvalue weighted by molar-refractivity contribution is -0.139. The fraction of sp³-hybridized carbons (Fsp3) is 0.300. The molecule has 4 nitrogen and oxygen atoms in total. The quantitative estimate of drug-likeness (QED) is 0.673. The van der Waals surface area contributed by atoms with Gasteiger partial charge in [0.1, 0.15) is 5.82 Å². The molecule has 2 N–H and O–H groups in total. The van der Waals surface area contributed by atoms with Gasteiger partial charge in [0, 0.05) is 12.0 Å². The molecule has 2 rings (SSSR count). The van der Waals surface area contributed by atoms with E-state index in [1.807, 2.05) is 0 Å². The van der Waals surface area contributed by atoms with Crippen LogP contribution in [0.4, 0.5) is 17.6 Å². The van der Waals surface area contributed by atoms with Gasteiger partial charge in [-0.1, -0.05) is 18.2 Å². The fourth-order valence-corrected chi connectivity index (χ4v) is 2.98. The van der Waals surface area contributed by atoms with Gasteiger partial charge in [0.05, 0.1) is 0 Å². The van der Waals surface area contributed by atoms with Crippen molar-refractivity contribution in [1.82, 2.24) is 5.32 Å². The van der Waals surface area contributed by atoms with Crippen molar-refractivity contribution >= 4 is 11.9 Å². The molecule has 0 saturated carbocycles. The summed E-state index contributed by atoms with van der Waals surface area (Å²) in [6.45, 7) is 1.45. The maximum Gasteiger partial charge on any atom is 0.389 e. The first-order valence-electron chi connectivity index (χ1n) is 8.53. The van der Waals surface area contributed by atoms with E-state index in [0.717, 1.165) is 12.1 Å². The van der Waals surface area contributed by atoms with Crippen LogP contribution in [0.1, 0.15) is 45.9 Å². The molecule has 1 unspecified atom stereocenters. The number of halogens is 4. The van der Waals surface area contributed by atoms with Gasteiger partial charge in [-0.25, -0.2) is 9.18 Å². The lowest BCUT2D eigenvalue weighted by atomic mass is 9.91. The van der Waals surface area contributed by atoms with E-state index in [1.54, 1.807) is 18.2 Å². The second kappa shape index (κ2) is 8.86. The monoisotopic (exact) mass is 397 g/mol. The van der Waals surface area contributed by atoms with Gasteiger partial charge in [-0.05, 0) is 60.7 Å². The van der Waals surface area contributed by atoms with E-state index in [0.29, 0.717) is 0 Å². The summed E-state index contributed by atoms with van der Waals surface area (Å²) in [4.78, 5) is 24.2. The lowest BCUT2D eigenvalue weighted by Crippen LogP contribution is -2.35. The summed E-state index contributed by atoms with van der Waals surface area (Å²) >= 11 is 0. The molecule has 0 aliphatic carbocycles. The van der Waals surface area contributed by atoms with Crippen LogP contribution in [0.5, 0.6) is 0 Å². The Morgan fingerprint density at radius 3 is 2.36 bits per heavy atom. The van der Waals surface area contributed by atoms with Crippen molar-refractivity contribution in [2.24, 2.45) is 0 Å². The maximum atomic E-state index is 13.8. The third-order valence-corrected chi connectivity index (χ3v) is 4.19. The summed E-state index contributed by atoms with van der Waals surface area (Å²) in [5, 5.41) is 12.0. The van der Waals surface area contributed by atoms with Gasteiger partial charge in [-0.3, -0.25) is 4.79 Å². The summed E-state index contributed by atoms with van der Waals surface area (Å²) in [5.41, 5.74) is 0.692. The van der Waals surface area contributed by atoms with E-state index in [4.69, 9.17) is 0 Å². The molecule has 0 radical (unpaired) electrons. The molecule has 2 aromatic rings. The number of hydrogen-bond acceptors (Lipinski definition) is 2. The van der Waals surface area contributed by atoms with Crippen LogP contribution in [0.3, 0.4) is 0 Å². The number of nitrogens with one attached hydrogen (secondary N) is 1. The van der Waals surface area contributed by atoms with Gasteiger partial charge < -0.3 is 10.4 Å². The molecule has 0 fully saturated rings. The highest BCUT2D eigenvalue weighted by atomic mass is 19.4. The first-order valence-corrected chi connectivity index (χ1v) is 8.53. The molecule has 0 aliphatic rings. The summed E-state index contributed by atoms with van der Waals surface area (Å²) in [5.74, 6) is -2.73. The zero-order valence-electron chi connectivity index (χ0n) is 15.0. The highest BCUT2D eigenvalue weighted by Gasteiger charge is 2.29. The van der Waals surface area contributed by atoms with E-state index >= 15 is 0 Å². The zero-order valence-corrected chi connectivity index (χ0v) is 15.0. The predicted molar refractivity (Wildman–Crippen MR) is 94.4 cm³/mol. The highest BCUT2D eigenvalue weighted by molar-refractivity contribution is 5.97. The van der Waals surface area contributed by atoms with Crippen LogP contribution in [-0.2, 0) is 11.2 Å². The van der Waals surface area contributed by atoms with Crippen molar-refractivity contribution in [1.29, 1.82) is 0 Å². The van der Waals surface area contributed by atoms with Gasteiger partial charge in [0.25, 0.3) is 5.91 Å². The summed E-state index contributed by atoms with van der Waals surface area (Å²) in [6.07, 6.45) is -5.93. The Bertz CT molecular complexity index is 851. The van der Waals surface area contributed by atoms with E-state index < -0.39 is 36.3 Å². The second-order valence-corrected chi connectivity index (χ2v) is 6.37. The molecular formula is C20H19F4NO3. The van der Waals surface area contributed by atoms with Crippen molar-refractivity contribution in [3.63, 3.8) is 0 Å². The number of benzene rings is 2. The minimum atomic E-state index is -4.36. The fourth-order valence-electron chi connectivity index (χ4n) is 2.98. The SMILES string of the molecule is Cc1cc(F)cc(CCCC(F)(F)F)c1C(NC(=O)c1ccccc1)C(=O)O. The van der Waals surface area contributed by atoms with E-state index in [-0.39, 0.29) is 35.1 Å². The van der Waals surface area contributed by atoms with Crippen LogP contribution in [-0.4, -0.2) is 23.2 Å². The molecule has 1 atom stereocenters. The number of aliphatic carboxylic acids is 1. The molecule has 0 saturated heterocycles. The van der Waals surface area contributed by atoms with Crippen molar-refractivity contribution in [3.8, 4) is 0 Å². The molecule has 2 aromatic carbocycles. The third kappa shape index (κ3) is 5.80. The van der Waals surface area contributed by atoms with Crippen molar-refractivity contribution in [3.05, 3.63) is 70.5 Å². The van der Waals surface area contributed by atoms with E-state index in [9.17, 15) is 32.3 Å². The number of rotatable bonds is 7. The molecule has 0 heterocycles. The Kier molecular flexibility index (Phi) is 6.77. The normalized spacial score (nSPS) is 12.5. The number of hydrogen-bond donors (Lipinski definition) is 2. The second-order valence-electron chi connectivity index (χ2n) is 6.37. The number of aryl methyl sites for hydroxylation is 2. The first kappa shape index (κ1) is 21.4. The first-order chi connectivity index (χ1) is 13.1. The lowest BCUT2D eigenvalue weighted by Gasteiger charge is -2.21. The van der Waals surface area contributed by atoms with Crippen LogP contribution in [0, 0.1) is 12.7 Å². The van der Waals surface area contributed by atoms with Crippen LogP contribution >= 0.6 is 0 Å². The van der Waals surface area contributed by atoms with Crippen LogP contribution < -0.4 is 5.32 Å². The minimum absolute atomic E-state index is 0.0976. The van der Waals surface area contributed by atoms with Crippen LogP contribution in [0.2, 0.25) is 0 Å². The molecule has 1 amide bonds. The molecule has 0 aromatic heterocycles. The van der Waals surface area contributed by atoms with Crippen molar-refractivity contribution < 1.29 is 32.3 Å². The smallest absolute Gasteiger partial charge is 0.389 e. The molecule has 0 aliphatic heterocycles. The van der Waals surface area contributed by atoms with Crippen molar-refractivity contribution in [2.45, 2.75) is 38.4 Å². The Morgan fingerprint density at radius 2 is 1.79 bits per heavy atom. The number of carboxylic acids is 1. The Labute approximate surface area is 159 Å². The number of amides is 1. The van der Waals surface area contributed by atoms with Crippen LogP contribution in [0.15, 0.2) is 42.5 Å². The number of carboxylic acid groups (broad SMARTS) is 1. The number of alkyl halides is 3. The average molecular weight is 397 g/mol. The van der Waals surface area contributed by atoms with Crippen molar-refractivity contribution in [2.75, 3.05) is 0 Å². The van der Waals surface area contributed by atoms with Gasteiger partial charge in [-0.15, -0.1) is 0 Å². The molecule has 8 heteroatoms. The predicted octanol–water partition coefficient (Wildman–Crippen LogP) is 4.57. The Hall–Kier alpha value is -2.90. The molecule has 0 spiro atoms. The van der Waals surface area contributed by atoms with Gasteiger partial charge in [0.15, 0.2) is 6.04 Å². The molecule has 28 heavy (non-hydrogen) atoms. The van der Waals surface area contributed by atoms with Gasteiger partial charge >= 0.3 is 12.1 Å². The minimum Gasteiger partial charge on any atom is -0.479 e. The van der Waals surface area contributed by atoms with E-state index in [1.165, 1.54) is 19.1 Å².